The molecule has 3 rings (SSSR count). The summed E-state index contributed by atoms with van der Waals surface area (Å²) in [7, 11) is 0. The monoisotopic (exact) mass is 332 g/mol. The lowest BCUT2D eigenvalue weighted by molar-refractivity contribution is 0.102. The highest BCUT2D eigenvalue weighted by Crippen LogP contribution is 2.24. The van der Waals surface area contributed by atoms with Crippen LogP contribution in [0.15, 0.2) is 78.9 Å². The first-order chi connectivity index (χ1) is 12.1. The van der Waals surface area contributed by atoms with Gasteiger partial charge in [-0.25, -0.2) is 0 Å². The number of nitrogens with one attached hydrogen (secondary N) is 2. The van der Waals surface area contributed by atoms with E-state index in [-0.39, 0.29) is 11.7 Å². The van der Waals surface area contributed by atoms with E-state index in [1.807, 2.05) is 6.07 Å². The smallest absolute Gasteiger partial charge is 0.257 e. The van der Waals surface area contributed by atoms with Crippen molar-refractivity contribution in [1.29, 1.82) is 0 Å². The summed E-state index contributed by atoms with van der Waals surface area (Å²) in [4.78, 5) is 24.9. The Hall–Kier alpha value is -3.60. The lowest BCUT2D eigenvalue weighted by atomic mass is 10.1. The van der Waals surface area contributed by atoms with Crippen molar-refractivity contribution >= 4 is 23.2 Å². The zero-order valence-electron chi connectivity index (χ0n) is 13.3. The number of aromatic hydroxyl groups is 1. The van der Waals surface area contributed by atoms with Gasteiger partial charge in [0.2, 0.25) is 0 Å². The SMILES string of the molecule is O=C(Nc1ccccc1C(=O)Nc1ccccc1O)c1ccccc1. The molecule has 0 fully saturated rings. The van der Waals surface area contributed by atoms with E-state index in [4.69, 9.17) is 0 Å². The van der Waals surface area contributed by atoms with E-state index in [2.05, 4.69) is 10.6 Å². The molecular weight excluding hydrogens is 316 g/mol. The number of para-hydroxylation sites is 3. The third-order valence-corrected chi connectivity index (χ3v) is 3.61. The van der Waals surface area contributed by atoms with Crippen molar-refractivity contribution in [1.82, 2.24) is 0 Å². The fraction of sp³-hybridized carbons (Fsp3) is 0. The zero-order valence-corrected chi connectivity index (χ0v) is 13.3. The molecule has 0 atom stereocenters. The summed E-state index contributed by atoms with van der Waals surface area (Å²) in [6, 6.07) is 21.9. The van der Waals surface area contributed by atoms with Gasteiger partial charge in [0.15, 0.2) is 0 Å². The number of rotatable bonds is 4. The first kappa shape index (κ1) is 16.3. The minimum Gasteiger partial charge on any atom is -0.506 e. The Labute approximate surface area is 144 Å². The minimum absolute atomic E-state index is 0.0262. The molecule has 0 unspecified atom stereocenters. The van der Waals surface area contributed by atoms with Gasteiger partial charge in [-0.2, -0.15) is 0 Å². The van der Waals surface area contributed by atoms with Gasteiger partial charge in [0.05, 0.1) is 16.9 Å². The molecule has 0 aliphatic rings. The predicted molar refractivity (Wildman–Crippen MR) is 96.9 cm³/mol. The molecule has 0 aliphatic heterocycles. The van der Waals surface area contributed by atoms with Crippen LogP contribution in [-0.2, 0) is 0 Å². The van der Waals surface area contributed by atoms with Crippen molar-refractivity contribution in [2.45, 2.75) is 0 Å². The summed E-state index contributed by atoms with van der Waals surface area (Å²) in [5.41, 5.74) is 1.49. The summed E-state index contributed by atoms with van der Waals surface area (Å²) < 4.78 is 0. The maximum atomic E-state index is 12.5. The number of hydrogen-bond acceptors (Lipinski definition) is 3. The Kier molecular flexibility index (Phi) is 4.76. The lowest BCUT2D eigenvalue weighted by Gasteiger charge is -2.12. The Morgan fingerprint density at radius 3 is 1.92 bits per heavy atom. The van der Waals surface area contributed by atoms with Crippen LogP contribution in [0.5, 0.6) is 5.75 Å². The number of carbonyl (C=O) groups excluding carboxylic acids is 2. The molecule has 5 nitrogen and oxygen atoms in total. The molecule has 124 valence electrons. The highest BCUT2D eigenvalue weighted by Gasteiger charge is 2.15. The van der Waals surface area contributed by atoms with Crippen LogP contribution in [0.3, 0.4) is 0 Å². The third-order valence-electron chi connectivity index (χ3n) is 3.61. The normalized spacial score (nSPS) is 10.1. The second-order valence-electron chi connectivity index (χ2n) is 5.34. The first-order valence-corrected chi connectivity index (χ1v) is 7.70. The number of hydrogen-bond donors (Lipinski definition) is 3. The highest BCUT2D eigenvalue weighted by molar-refractivity contribution is 6.12. The standard InChI is InChI=1S/C20H16N2O3/c23-18-13-7-6-12-17(18)22-20(25)15-10-4-5-11-16(15)21-19(24)14-8-2-1-3-9-14/h1-13,23H,(H,21,24)(H,22,25). The van der Waals surface area contributed by atoms with Gasteiger partial charge in [0.1, 0.15) is 5.75 Å². The fourth-order valence-corrected chi connectivity index (χ4v) is 2.34. The van der Waals surface area contributed by atoms with Gasteiger partial charge in [-0.15, -0.1) is 0 Å². The number of amides is 2. The van der Waals surface area contributed by atoms with Gasteiger partial charge >= 0.3 is 0 Å². The molecule has 0 aromatic heterocycles. The molecule has 0 saturated carbocycles. The summed E-state index contributed by atoms with van der Waals surface area (Å²) in [6.45, 7) is 0. The average molecular weight is 332 g/mol. The molecular formula is C20H16N2O3. The van der Waals surface area contributed by atoms with Crippen LogP contribution < -0.4 is 10.6 Å². The average Bonchev–Trinajstić information content (AvgIpc) is 2.64. The topological polar surface area (TPSA) is 78.4 Å². The number of anilines is 2. The van der Waals surface area contributed by atoms with Gasteiger partial charge in [0, 0.05) is 5.56 Å². The van der Waals surface area contributed by atoms with Gasteiger partial charge in [-0.3, -0.25) is 9.59 Å². The van der Waals surface area contributed by atoms with Crippen molar-refractivity contribution in [2.24, 2.45) is 0 Å². The molecule has 5 heteroatoms. The number of carbonyl (C=O) groups is 2. The van der Waals surface area contributed by atoms with Crippen LogP contribution in [0.4, 0.5) is 11.4 Å². The summed E-state index contributed by atoms with van der Waals surface area (Å²) >= 11 is 0. The maximum absolute atomic E-state index is 12.5. The Morgan fingerprint density at radius 1 is 0.640 bits per heavy atom. The minimum atomic E-state index is -0.425. The molecule has 3 aromatic carbocycles. The van der Waals surface area contributed by atoms with Crippen LogP contribution in [0, 0.1) is 0 Å². The van der Waals surface area contributed by atoms with Crippen molar-refractivity contribution in [2.75, 3.05) is 10.6 Å². The molecule has 0 heterocycles. The van der Waals surface area contributed by atoms with Crippen LogP contribution in [0.2, 0.25) is 0 Å². The van der Waals surface area contributed by atoms with E-state index in [0.717, 1.165) is 0 Å². The molecule has 2 amide bonds. The second kappa shape index (κ2) is 7.31. The number of phenols is 1. The van der Waals surface area contributed by atoms with Crippen molar-refractivity contribution < 1.29 is 14.7 Å². The van der Waals surface area contributed by atoms with Crippen LogP contribution in [0.1, 0.15) is 20.7 Å². The van der Waals surface area contributed by atoms with E-state index in [1.54, 1.807) is 66.7 Å². The molecule has 25 heavy (non-hydrogen) atoms. The maximum Gasteiger partial charge on any atom is 0.257 e. The molecule has 0 aliphatic carbocycles. The molecule has 3 N–H and O–H groups in total. The van der Waals surface area contributed by atoms with E-state index >= 15 is 0 Å². The summed E-state index contributed by atoms with van der Waals surface area (Å²) in [6.07, 6.45) is 0. The fourth-order valence-electron chi connectivity index (χ4n) is 2.34. The van der Waals surface area contributed by atoms with Gasteiger partial charge in [0.25, 0.3) is 11.8 Å². The van der Waals surface area contributed by atoms with Crippen LogP contribution in [-0.4, -0.2) is 16.9 Å². The highest BCUT2D eigenvalue weighted by atomic mass is 16.3. The van der Waals surface area contributed by atoms with Crippen molar-refractivity contribution in [3.63, 3.8) is 0 Å². The largest absolute Gasteiger partial charge is 0.506 e. The van der Waals surface area contributed by atoms with Gasteiger partial charge in [-0.1, -0.05) is 42.5 Å². The first-order valence-electron chi connectivity index (χ1n) is 7.70. The Bertz CT molecular complexity index is 908. The quantitative estimate of drug-likeness (QED) is 0.634. The molecule has 0 saturated heterocycles. The second-order valence-corrected chi connectivity index (χ2v) is 5.34. The Morgan fingerprint density at radius 2 is 1.20 bits per heavy atom. The number of benzene rings is 3. The zero-order chi connectivity index (χ0) is 17.6. The lowest BCUT2D eigenvalue weighted by Crippen LogP contribution is -2.18. The van der Waals surface area contributed by atoms with E-state index in [0.29, 0.717) is 22.5 Å². The molecule has 0 bridgehead atoms. The van der Waals surface area contributed by atoms with Gasteiger partial charge < -0.3 is 15.7 Å². The molecule has 0 radical (unpaired) electrons. The van der Waals surface area contributed by atoms with Crippen molar-refractivity contribution in [3.8, 4) is 5.75 Å². The van der Waals surface area contributed by atoms with Crippen LogP contribution >= 0.6 is 0 Å². The molecule has 0 spiro atoms. The number of phenolic OH excluding ortho intramolecular Hbond substituents is 1. The van der Waals surface area contributed by atoms with E-state index in [1.165, 1.54) is 6.07 Å². The van der Waals surface area contributed by atoms with Gasteiger partial charge in [-0.05, 0) is 36.4 Å². The summed E-state index contributed by atoms with van der Waals surface area (Å²) in [5, 5.41) is 15.2. The van der Waals surface area contributed by atoms with E-state index < -0.39 is 5.91 Å². The Balaban J connectivity index is 1.82. The summed E-state index contributed by atoms with van der Waals surface area (Å²) in [5.74, 6) is -0.754. The predicted octanol–water partition coefficient (Wildman–Crippen LogP) is 3.90. The third kappa shape index (κ3) is 3.84. The van der Waals surface area contributed by atoms with Crippen molar-refractivity contribution in [3.05, 3.63) is 90.0 Å². The van der Waals surface area contributed by atoms with E-state index in [9.17, 15) is 14.7 Å². The molecule has 3 aromatic rings. The van der Waals surface area contributed by atoms with Crippen LogP contribution in [0.25, 0.3) is 0 Å².